The Labute approximate surface area is 188 Å². The normalized spacial score (nSPS) is 15.3. The van der Waals surface area contributed by atoms with Crippen LogP contribution in [0.2, 0.25) is 0 Å². The number of benzene rings is 1. The molecule has 0 saturated heterocycles. The van der Waals surface area contributed by atoms with E-state index >= 15 is 0 Å². The number of pyridine rings is 2. The summed E-state index contributed by atoms with van der Waals surface area (Å²) in [6.07, 6.45) is 4.12. The number of hydrogen-bond acceptors (Lipinski definition) is 8. The molecular formula is C23H20FN7O2. The van der Waals surface area contributed by atoms with Crippen molar-refractivity contribution in [2.24, 2.45) is 12.0 Å². The number of halogens is 1. The molecular weight excluding hydrogens is 425 g/mol. The Morgan fingerprint density at radius 3 is 2.64 bits per heavy atom. The van der Waals surface area contributed by atoms with E-state index in [-0.39, 0.29) is 5.82 Å². The van der Waals surface area contributed by atoms with Crippen molar-refractivity contribution in [2.45, 2.75) is 13.3 Å². The lowest BCUT2D eigenvalue weighted by atomic mass is 10.2. The van der Waals surface area contributed by atoms with Crippen LogP contribution in [0.15, 0.2) is 72.1 Å². The van der Waals surface area contributed by atoms with E-state index in [1.165, 1.54) is 17.1 Å². The van der Waals surface area contributed by atoms with Gasteiger partial charge in [-0.15, -0.1) is 0 Å². The number of rotatable bonds is 5. The van der Waals surface area contributed by atoms with Crippen LogP contribution >= 0.6 is 0 Å². The van der Waals surface area contributed by atoms with Gasteiger partial charge in [0.15, 0.2) is 11.7 Å². The summed E-state index contributed by atoms with van der Waals surface area (Å²) in [6.45, 7) is 1.81. The van der Waals surface area contributed by atoms with Crippen LogP contribution in [0.3, 0.4) is 0 Å². The Kier molecular flexibility index (Phi) is 5.19. The summed E-state index contributed by atoms with van der Waals surface area (Å²) in [5, 5.41) is 16.0. The minimum absolute atomic E-state index is 0.343. The summed E-state index contributed by atoms with van der Waals surface area (Å²) in [6, 6.07) is 12.9. The first kappa shape index (κ1) is 20.6. The maximum absolute atomic E-state index is 13.2. The summed E-state index contributed by atoms with van der Waals surface area (Å²) in [5.41, 5.74) is 5.92. The molecule has 5 rings (SSSR count). The minimum atomic E-state index is -1.18. The molecule has 9 nitrogen and oxygen atoms in total. The molecule has 0 radical (unpaired) electrons. The van der Waals surface area contributed by atoms with E-state index < -0.39 is 6.35 Å². The fourth-order valence-electron chi connectivity index (χ4n) is 3.39. The topological polar surface area (TPSA) is 101 Å². The third-order valence-corrected chi connectivity index (χ3v) is 5.05. The smallest absolute Gasteiger partial charge is 0.246 e. The number of hydrogen-bond donors (Lipinski definition) is 2. The number of aromatic nitrogens is 4. The van der Waals surface area contributed by atoms with Gasteiger partial charge in [-0.3, -0.25) is 15.1 Å². The standard InChI is InChI=1S/C23H20FN7O2/c1-14-20(33-18-9-10-25-19(11-18)16-12-26-30(2)13-16)7-8-21(27-14)31-23(32)28-22(29-31)15-3-5-17(24)6-4-15/h3-13,23,32H,1-2H3,(H,28,29). The van der Waals surface area contributed by atoms with Crippen LogP contribution < -0.4 is 15.2 Å². The highest BCUT2D eigenvalue weighted by Gasteiger charge is 2.26. The van der Waals surface area contributed by atoms with E-state index in [1.807, 2.05) is 26.2 Å². The molecule has 1 aliphatic heterocycles. The fraction of sp³-hybridized carbons (Fsp3) is 0.130. The first-order valence-corrected chi connectivity index (χ1v) is 10.1. The van der Waals surface area contributed by atoms with Gasteiger partial charge in [0, 0.05) is 36.6 Å². The largest absolute Gasteiger partial charge is 0.455 e. The lowest BCUT2D eigenvalue weighted by Gasteiger charge is -2.21. The highest BCUT2D eigenvalue weighted by Crippen LogP contribution is 2.29. The van der Waals surface area contributed by atoms with E-state index in [1.54, 1.807) is 47.4 Å². The van der Waals surface area contributed by atoms with Gasteiger partial charge in [-0.1, -0.05) is 0 Å². The quantitative estimate of drug-likeness (QED) is 0.487. The minimum Gasteiger partial charge on any atom is -0.455 e. The zero-order valence-electron chi connectivity index (χ0n) is 17.8. The van der Waals surface area contributed by atoms with Crippen molar-refractivity contribution in [3.63, 3.8) is 0 Å². The van der Waals surface area contributed by atoms with Crippen molar-refractivity contribution in [3.8, 4) is 22.8 Å². The van der Waals surface area contributed by atoms with Crippen LogP contribution in [0.1, 0.15) is 11.3 Å². The average Bonchev–Trinajstić information content (AvgIpc) is 3.42. The van der Waals surface area contributed by atoms with Crippen LogP contribution in [0.4, 0.5) is 10.2 Å². The van der Waals surface area contributed by atoms with Crippen LogP contribution in [-0.2, 0) is 7.05 Å². The molecule has 2 N–H and O–H groups in total. The molecule has 1 atom stereocenters. The van der Waals surface area contributed by atoms with Crippen molar-refractivity contribution in [1.82, 2.24) is 25.2 Å². The number of nitrogens with zero attached hydrogens (tertiary/aromatic N) is 6. The molecule has 0 amide bonds. The molecule has 1 unspecified atom stereocenters. The highest BCUT2D eigenvalue weighted by molar-refractivity contribution is 6.01. The van der Waals surface area contributed by atoms with Crippen molar-refractivity contribution in [3.05, 3.63) is 84.2 Å². The fourth-order valence-corrected chi connectivity index (χ4v) is 3.39. The molecule has 4 aromatic rings. The van der Waals surface area contributed by atoms with Crippen molar-refractivity contribution < 1.29 is 14.2 Å². The monoisotopic (exact) mass is 445 g/mol. The summed E-state index contributed by atoms with van der Waals surface area (Å²) >= 11 is 0. The van der Waals surface area contributed by atoms with Gasteiger partial charge >= 0.3 is 0 Å². The number of aliphatic imine (C=N–C) groups is 1. The number of aliphatic hydroxyl groups is 1. The summed E-state index contributed by atoms with van der Waals surface area (Å²) < 4.78 is 20.9. The van der Waals surface area contributed by atoms with E-state index in [2.05, 4.69) is 25.5 Å². The third kappa shape index (κ3) is 4.23. The molecule has 1 aromatic carbocycles. The maximum atomic E-state index is 13.2. The number of ether oxygens (including phenoxy) is 1. The zero-order chi connectivity index (χ0) is 22.9. The number of amidine groups is 1. The van der Waals surface area contributed by atoms with Crippen LogP contribution in [-0.4, -0.2) is 37.0 Å². The number of aliphatic hydroxyl groups excluding tert-OH is 1. The summed E-state index contributed by atoms with van der Waals surface area (Å²) in [4.78, 5) is 13.1. The zero-order valence-corrected chi connectivity index (χ0v) is 17.8. The van der Waals surface area contributed by atoms with Gasteiger partial charge < -0.3 is 9.84 Å². The Morgan fingerprint density at radius 2 is 1.91 bits per heavy atom. The Morgan fingerprint density at radius 1 is 1.09 bits per heavy atom. The van der Waals surface area contributed by atoms with Crippen molar-refractivity contribution in [2.75, 3.05) is 5.01 Å². The van der Waals surface area contributed by atoms with Gasteiger partial charge in [0.25, 0.3) is 0 Å². The van der Waals surface area contributed by atoms with Gasteiger partial charge in [0.1, 0.15) is 17.3 Å². The van der Waals surface area contributed by atoms with Gasteiger partial charge in [0.05, 0.1) is 17.6 Å². The van der Waals surface area contributed by atoms with Crippen LogP contribution in [0, 0.1) is 12.7 Å². The summed E-state index contributed by atoms with van der Waals surface area (Å²) in [7, 11) is 1.85. The first-order valence-electron chi connectivity index (χ1n) is 10.1. The van der Waals surface area contributed by atoms with Gasteiger partial charge in [-0.25, -0.2) is 19.4 Å². The van der Waals surface area contributed by atoms with E-state index in [0.29, 0.717) is 34.4 Å². The highest BCUT2D eigenvalue weighted by atomic mass is 19.1. The molecule has 0 aliphatic carbocycles. The molecule has 0 spiro atoms. The molecule has 4 heterocycles. The number of aryl methyl sites for hydroxylation is 2. The Bertz CT molecular complexity index is 1340. The molecule has 1 aliphatic rings. The molecule has 166 valence electrons. The lowest BCUT2D eigenvalue weighted by molar-refractivity contribution is 0.182. The first-order chi connectivity index (χ1) is 16.0. The Balaban J connectivity index is 1.33. The predicted molar refractivity (Wildman–Crippen MR) is 120 cm³/mol. The third-order valence-electron chi connectivity index (χ3n) is 5.05. The van der Waals surface area contributed by atoms with Crippen LogP contribution in [0.25, 0.3) is 11.3 Å². The second kappa shape index (κ2) is 8.32. The molecule has 10 heteroatoms. The molecule has 33 heavy (non-hydrogen) atoms. The van der Waals surface area contributed by atoms with E-state index in [0.717, 1.165) is 11.3 Å². The van der Waals surface area contributed by atoms with Gasteiger partial charge in [-0.05, 0) is 49.4 Å². The van der Waals surface area contributed by atoms with Crippen LogP contribution in [0.5, 0.6) is 11.5 Å². The maximum Gasteiger partial charge on any atom is 0.246 e. The number of nitrogens with one attached hydrogen (secondary N) is 1. The van der Waals surface area contributed by atoms with E-state index in [9.17, 15) is 9.50 Å². The molecule has 0 bridgehead atoms. The lowest BCUT2D eigenvalue weighted by Crippen LogP contribution is -2.41. The average molecular weight is 445 g/mol. The van der Waals surface area contributed by atoms with Gasteiger partial charge in [-0.2, -0.15) is 5.10 Å². The SMILES string of the molecule is Cc1nc(N2NC(c3ccc(F)cc3)=NC2O)ccc1Oc1ccnc(-c2cnn(C)c2)c1. The number of hydrazine groups is 1. The summed E-state index contributed by atoms with van der Waals surface area (Å²) in [5.74, 6) is 1.71. The van der Waals surface area contributed by atoms with E-state index in [4.69, 9.17) is 4.74 Å². The molecule has 0 fully saturated rings. The Hall–Kier alpha value is -4.31. The van der Waals surface area contributed by atoms with Gasteiger partial charge in [0.2, 0.25) is 6.35 Å². The second-order valence-electron chi connectivity index (χ2n) is 7.45. The molecule has 0 saturated carbocycles. The van der Waals surface area contributed by atoms with Crippen molar-refractivity contribution >= 4 is 11.7 Å². The second-order valence-corrected chi connectivity index (χ2v) is 7.45. The molecule has 3 aromatic heterocycles. The number of anilines is 1. The predicted octanol–water partition coefficient (Wildman–Crippen LogP) is 3.16. The van der Waals surface area contributed by atoms with Crippen molar-refractivity contribution in [1.29, 1.82) is 0 Å².